The van der Waals surface area contributed by atoms with Gasteiger partial charge in [-0.05, 0) is 24.3 Å². The first-order chi connectivity index (χ1) is 7.60. The Bertz CT molecular complexity index is 420. The van der Waals surface area contributed by atoms with Gasteiger partial charge in [0, 0.05) is 12.0 Å². The minimum absolute atomic E-state index is 0.306. The third-order valence-corrected chi connectivity index (χ3v) is 2.09. The van der Waals surface area contributed by atoms with Crippen LogP contribution in [0.3, 0.4) is 0 Å². The Morgan fingerprint density at radius 3 is 2.25 bits per heavy atom. The molecule has 1 rings (SSSR count). The van der Waals surface area contributed by atoms with Crippen molar-refractivity contribution in [1.82, 2.24) is 0 Å². The minimum Gasteiger partial charge on any atom is -0.497 e. The van der Waals surface area contributed by atoms with Crippen LogP contribution in [0.15, 0.2) is 24.3 Å². The lowest BCUT2D eigenvalue weighted by Crippen LogP contribution is -2.22. The average Bonchev–Trinajstić information content (AvgIpc) is 2.36. The van der Waals surface area contributed by atoms with Gasteiger partial charge in [-0.25, -0.2) is 0 Å². The van der Waals surface area contributed by atoms with Gasteiger partial charge in [0.2, 0.25) is 5.78 Å². The third kappa shape index (κ3) is 2.53. The zero-order chi connectivity index (χ0) is 12.1. The van der Waals surface area contributed by atoms with Crippen molar-refractivity contribution in [2.75, 3.05) is 7.11 Å². The number of hydrogen-bond donors (Lipinski definition) is 1. The van der Waals surface area contributed by atoms with Crippen LogP contribution < -0.4 is 4.74 Å². The molecule has 83 valence electrons. The highest BCUT2D eigenvalue weighted by atomic mass is 16.5. The van der Waals surface area contributed by atoms with Crippen molar-refractivity contribution in [3.05, 3.63) is 36.2 Å². The molecule has 0 heterocycles. The molecule has 0 spiro atoms. The van der Waals surface area contributed by atoms with E-state index in [2.05, 4.69) is 0 Å². The van der Waals surface area contributed by atoms with Crippen LogP contribution in [0.2, 0.25) is 0 Å². The molecular formula is C12H12NO3. The SMILES string of the molecule is C[CH]C(=O)C(=N)C(=O)c1ccc(OC)cc1. The second kappa shape index (κ2) is 5.21. The molecule has 0 saturated carbocycles. The van der Waals surface area contributed by atoms with Crippen molar-refractivity contribution in [3.8, 4) is 5.75 Å². The normalized spacial score (nSPS) is 9.62. The van der Waals surface area contributed by atoms with Gasteiger partial charge in [0.05, 0.1) is 7.11 Å². The van der Waals surface area contributed by atoms with Crippen LogP contribution in [0.5, 0.6) is 5.75 Å². The third-order valence-electron chi connectivity index (χ3n) is 2.09. The summed E-state index contributed by atoms with van der Waals surface area (Å²) in [5.41, 5.74) is -0.214. The highest BCUT2D eigenvalue weighted by Gasteiger charge is 2.18. The van der Waals surface area contributed by atoms with Crippen molar-refractivity contribution in [2.45, 2.75) is 6.92 Å². The van der Waals surface area contributed by atoms with Gasteiger partial charge in [0.15, 0.2) is 5.78 Å². The van der Waals surface area contributed by atoms with Crippen LogP contribution in [-0.2, 0) is 4.79 Å². The Morgan fingerprint density at radius 1 is 1.25 bits per heavy atom. The lowest BCUT2D eigenvalue weighted by atomic mass is 10.0. The fraction of sp³-hybridized carbons (Fsp3) is 0.167. The molecule has 0 atom stereocenters. The first-order valence-corrected chi connectivity index (χ1v) is 4.71. The fourth-order valence-corrected chi connectivity index (χ4v) is 1.14. The molecular weight excluding hydrogens is 206 g/mol. The Hall–Kier alpha value is -1.97. The van der Waals surface area contributed by atoms with Gasteiger partial charge in [0.1, 0.15) is 11.5 Å². The maximum absolute atomic E-state index is 11.6. The maximum Gasteiger partial charge on any atom is 0.214 e. The molecule has 0 aliphatic carbocycles. The molecule has 4 heteroatoms. The Balaban J connectivity index is 2.88. The molecule has 0 fully saturated rings. The van der Waals surface area contributed by atoms with Gasteiger partial charge in [-0.15, -0.1) is 0 Å². The maximum atomic E-state index is 11.6. The second-order valence-corrected chi connectivity index (χ2v) is 3.09. The molecule has 0 bridgehead atoms. The zero-order valence-corrected chi connectivity index (χ0v) is 9.11. The molecule has 1 aromatic carbocycles. The molecule has 0 aromatic heterocycles. The number of Topliss-reactive ketones (excluding diaryl/α,β-unsaturated/α-hetero) is 2. The molecule has 0 unspecified atom stereocenters. The summed E-state index contributed by atoms with van der Waals surface area (Å²) in [5, 5.41) is 7.38. The number of carbonyl (C=O) groups is 2. The number of ether oxygens (including phenoxy) is 1. The number of nitrogens with one attached hydrogen (secondary N) is 1. The minimum atomic E-state index is -0.578. The molecule has 0 aliphatic rings. The summed E-state index contributed by atoms with van der Waals surface area (Å²) >= 11 is 0. The summed E-state index contributed by atoms with van der Waals surface area (Å²) in [6.45, 7) is 1.50. The van der Waals surface area contributed by atoms with Gasteiger partial charge in [-0.1, -0.05) is 6.92 Å². The summed E-state index contributed by atoms with van der Waals surface area (Å²) in [6.07, 6.45) is 1.20. The van der Waals surface area contributed by atoms with Gasteiger partial charge in [-0.3, -0.25) is 15.0 Å². The predicted octanol–water partition coefficient (Wildman–Crippen LogP) is 1.69. The van der Waals surface area contributed by atoms with Crippen LogP contribution in [0.4, 0.5) is 0 Å². The first kappa shape index (κ1) is 12.1. The Kier molecular flexibility index (Phi) is 3.94. The van der Waals surface area contributed by atoms with E-state index in [1.54, 1.807) is 12.1 Å². The van der Waals surface area contributed by atoms with E-state index in [1.807, 2.05) is 0 Å². The first-order valence-electron chi connectivity index (χ1n) is 4.71. The topological polar surface area (TPSA) is 67.2 Å². The van der Waals surface area contributed by atoms with E-state index in [9.17, 15) is 9.59 Å². The number of methoxy groups -OCH3 is 1. The van der Waals surface area contributed by atoms with Crippen molar-refractivity contribution in [2.24, 2.45) is 0 Å². The average molecular weight is 218 g/mol. The van der Waals surface area contributed by atoms with Crippen molar-refractivity contribution in [3.63, 3.8) is 0 Å². The van der Waals surface area contributed by atoms with E-state index in [0.29, 0.717) is 11.3 Å². The predicted molar refractivity (Wildman–Crippen MR) is 60.0 cm³/mol. The zero-order valence-electron chi connectivity index (χ0n) is 9.11. The van der Waals surface area contributed by atoms with E-state index in [0.717, 1.165) is 0 Å². The van der Waals surface area contributed by atoms with E-state index in [1.165, 1.54) is 32.6 Å². The molecule has 0 saturated heterocycles. The summed E-state index contributed by atoms with van der Waals surface area (Å²) in [4.78, 5) is 22.8. The van der Waals surface area contributed by atoms with Crippen LogP contribution in [0.25, 0.3) is 0 Å². The molecule has 16 heavy (non-hydrogen) atoms. The molecule has 1 N–H and O–H groups in total. The second-order valence-electron chi connectivity index (χ2n) is 3.09. The number of rotatable bonds is 5. The standard InChI is InChI=1S/C12H12NO3/c1-3-10(14)11(13)12(15)8-4-6-9(16-2)7-5-8/h3-7,13H,1-2H3. The van der Waals surface area contributed by atoms with Crippen LogP contribution >= 0.6 is 0 Å². The van der Waals surface area contributed by atoms with Crippen molar-refractivity contribution < 1.29 is 14.3 Å². The van der Waals surface area contributed by atoms with E-state index < -0.39 is 17.3 Å². The highest BCUT2D eigenvalue weighted by molar-refractivity contribution is 6.69. The fourth-order valence-electron chi connectivity index (χ4n) is 1.14. The summed E-state index contributed by atoms with van der Waals surface area (Å²) in [7, 11) is 1.52. The van der Waals surface area contributed by atoms with Crippen LogP contribution in [-0.4, -0.2) is 24.4 Å². The summed E-state index contributed by atoms with van der Waals surface area (Å²) < 4.78 is 4.94. The lowest BCUT2D eigenvalue weighted by Gasteiger charge is -2.02. The van der Waals surface area contributed by atoms with Gasteiger partial charge >= 0.3 is 0 Å². The smallest absolute Gasteiger partial charge is 0.214 e. The number of carbonyl (C=O) groups excluding carboxylic acids is 2. The molecule has 4 nitrogen and oxygen atoms in total. The number of ketones is 2. The monoisotopic (exact) mass is 218 g/mol. The quantitative estimate of drug-likeness (QED) is 0.464. The lowest BCUT2D eigenvalue weighted by molar-refractivity contribution is -0.110. The highest BCUT2D eigenvalue weighted by Crippen LogP contribution is 2.12. The molecule has 1 radical (unpaired) electrons. The van der Waals surface area contributed by atoms with E-state index in [4.69, 9.17) is 10.1 Å². The molecule has 0 amide bonds. The number of hydrogen-bond acceptors (Lipinski definition) is 4. The number of benzene rings is 1. The van der Waals surface area contributed by atoms with Gasteiger partial charge in [0.25, 0.3) is 0 Å². The summed E-state index contributed by atoms with van der Waals surface area (Å²) in [6, 6.07) is 6.28. The Morgan fingerprint density at radius 2 is 1.81 bits per heavy atom. The largest absolute Gasteiger partial charge is 0.497 e. The van der Waals surface area contributed by atoms with E-state index >= 15 is 0 Å². The summed E-state index contributed by atoms with van der Waals surface area (Å²) in [5.74, 6) is -0.525. The van der Waals surface area contributed by atoms with Crippen LogP contribution in [0.1, 0.15) is 17.3 Å². The van der Waals surface area contributed by atoms with E-state index in [-0.39, 0.29) is 0 Å². The van der Waals surface area contributed by atoms with Crippen molar-refractivity contribution >= 4 is 17.3 Å². The van der Waals surface area contributed by atoms with Gasteiger partial charge in [-0.2, -0.15) is 0 Å². The van der Waals surface area contributed by atoms with Gasteiger partial charge < -0.3 is 4.74 Å². The molecule has 1 aromatic rings. The molecule has 0 aliphatic heterocycles. The Labute approximate surface area is 93.7 Å². The van der Waals surface area contributed by atoms with Crippen LogP contribution in [0, 0.1) is 11.8 Å². The van der Waals surface area contributed by atoms with Crippen molar-refractivity contribution in [1.29, 1.82) is 5.41 Å².